The highest BCUT2D eigenvalue weighted by atomic mass is 16.1. The molecule has 1 rings (SSSR count). The molecule has 0 radical (unpaired) electrons. The summed E-state index contributed by atoms with van der Waals surface area (Å²) >= 11 is 0. The zero-order valence-corrected chi connectivity index (χ0v) is 8.11. The fourth-order valence-corrected chi connectivity index (χ4v) is 1.27. The first kappa shape index (κ1) is 10.6. The van der Waals surface area contributed by atoms with Crippen molar-refractivity contribution in [2.75, 3.05) is 0 Å². The second-order valence-corrected chi connectivity index (χ2v) is 3.23. The number of ketones is 1. The van der Waals surface area contributed by atoms with E-state index >= 15 is 0 Å². The first-order valence-corrected chi connectivity index (χ1v) is 4.82. The molecule has 0 saturated heterocycles. The molecule has 2 nitrogen and oxygen atoms in total. The van der Waals surface area contributed by atoms with Crippen LogP contribution < -0.4 is 0 Å². The molecule has 0 amide bonds. The molecule has 14 heavy (non-hydrogen) atoms. The van der Waals surface area contributed by atoms with Crippen molar-refractivity contribution < 1.29 is 9.59 Å². The van der Waals surface area contributed by atoms with Crippen molar-refractivity contribution in [1.82, 2.24) is 0 Å². The Hall–Kier alpha value is -1.44. The maximum atomic E-state index is 11.2. The Morgan fingerprint density at radius 3 is 2.50 bits per heavy atom. The molecule has 0 heterocycles. The molecule has 0 aliphatic carbocycles. The maximum absolute atomic E-state index is 11.2. The van der Waals surface area contributed by atoms with E-state index in [0.717, 1.165) is 12.7 Å². The van der Waals surface area contributed by atoms with E-state index in [9.17, 15) is 9.59 Å². The van der Waals surface area contributed by atoms with E-state index in [4.69, 9.17) is 0 Å². The summed E-state index contributed by atoms with van der Waals surface area (Å²) in [5, 5.41) is 0. The van der Waals surface area contributed by atoms with Crippen LogP contribution >= 0.6 is 0 Å². The van der Waals surface area contributed by atoms with Gasteiger partial charge in [0.2, 0.25) is 0 Å². The van der Waals surface area contributed by atoms with Crippen LogP contribution in [0.5, 0.6) is 0 Å². The van der Waals surface area contributed by atoms with Crippen molar-refractivity contribution in [2.24, 2.45) is 0 Å². The number of Topliss-reactive ketones (excluding diaryl/α,β-unsaturated/α-hetero) is 1. The van der Waals surface area contributed by atoms with Gasteiger partial charge in [-0.25, -0.2) is 0 Å². The minimum Gasteiger partial charge on any atom is -0.303 e. The lowest BCUT2D eigenvalue weighted by Crippen LogP contribution is -2.00. The highest BCUT2D eigenvalue weighted by Crippen LogP contribution is 2.04. The molecular weight excluding hydrogens is 176 g/mol. The standard InChI is InChI=1S/C12H14O2/c13-10-4-7-12(14)9-8-11-5-2-1-3-6-11/h1-3,5-6,10H,4,7-9H2. The van der Waals surface area contributed by atoms with E-state index in [1.807, 2.05) is 30.3 Å². The van der Waals surface area contributed by atoms with Gasteiger partial charge in [0.05, 0.1) is 0 Å². The number of benzene rings is 1. The lowest BCUT2D eigenvalue weighted by atomic mass is 10.1. The van der Waals surface area contributed by atoms with E-state index in [1.54, 1.807) is 0 Å². The Kier molecular flexibility index (Phi) is 4.62. The number of hydrogen-bond acceptors (Lipinski definition) is 2. The van der Waals surface area contributed by atoms with Gasteiger partial charge in [0, 0.05) is 19.3 Å². The second kappa shape index (κ2) is 6.08. The van der Waals surface area contributed by atoms with Gasteiger partial charge >= 0.3 is 0 Å². The molecule has 0 saturated carbocycles. The van der Waals surface area contributed by atoms with E-state index in [1.165, 1.54) is 5.56 Å². The SMILES string of the molecule is O=CCCC(=O)CCc1ccccc1. The van der Waals surface area contributed by atoms with Gasteiger partial charge in [0.25, 0.3) is 0 Å². The molecule has 0 aliphatic heterocycles. The van der Waals surface area contributed by atoms with Crippen molar-refractivity contribution in [3.05, 3.63) is 35.9 Å². The average molecular weight is 190 g/mol. The number of hydrogen-bond donors (Lipinski definition) is 0. The number of rotatable bonds is 6. The number of carbonyl (C=O) groups excluding carboxylic acids is 2. The molecule has 0 N–H and O–H groups in total. The Labute approximate surface area is 83.9 Å². The smallest absolute Gasteiger partial charge is 0.133 e. The van der Waals surface area contributed by atoms with Gasteiger partial charge in [-0.1, -0.05) is 30.3 Å². The molecule has 0 aliphatic rings. The van der Waals surface area contributed by atoms with Gasteiger partial charge in [0.15, 0.2) is 0 Å². The number of carbonyl (C=O) groups is 2. The summed E-state index contributed by atoms with van der Waals surface area (Å²) in [6, 6.07) is 9.90. The lowest BCUT2D eigenvalue weighted by Gasteiger charge is -1.99. The molecule has 0 unspecified atom stereocenters. The van der Waals surface area contributed by atoms with Crippen LogP contribution in [0, 0.1) is 0 Å². The van der Waals surface area contributed by atoms with Gasteiger partial charge in [-0.15, -0.1) is 0 Å². The largest absolute Gasteiger partial charge is 0.303 e. The third-order valence-electron chi connectivity index (χ3n) is 2.08. The summed E-state index contributed by atoms with van der Waals surface area (Å²) in [7, 11) is 0. The minimum absolute atomic E-state index is 0.168. The van der Waals surface area contributed by atoms with Gasteiger partial charge < -0.3 is 4.79 Å². The molecule has 1 aromatic carbocycles. The third-order valence-corrected chi connectivity index (χ3v) is 2.08. The van der Waals surface area contributed by atoms with Gasteiger partial charge in [0.1, 0.15) is 12.1 Å². The van der Waals surface area contributed by atoms with Gasteiger partial charge in [-0.2, -0.15) is 0 Å². The minimum atomic E-state index is 0.168. The Morgan fingerprint density at radius 2 is 1.86 bits per heavy atom. The van der Waals surface area contributed by atoms with Crippen molar-refractivity contribution in [3.8, 4) is 0 Å². The van der Waals surface area contributed by atoms with Crippen molar-refractivity contribution in [1.29, 1.82) is 0 Å². The highest BCUT2D eigenvalue weighted by molar-refractivity contribution is 5.80. The summed E-state index contributed by atoms with van der Waals surface area (Å²) in [5.41, 5.74) is 1.17. The predicted molar refractivity (Wildman–Crippen MR) is 55.1 cm³/mol. The second-order valence-electron chi connectivity index (χ2n) is 3.23. The van der Waals surface area contributed by atoms with Gasteiger partial charge in [-0.05, 0) is 12.0 Å². The quantitative estimate of drug-likeness (QED) is 0.644. The summed E-state index contributed by atoms with van der Waals surface area (Å²) in [6.07, 6.45) is 2.85. The molecule has 0 bridgehead atoms. The Balaban J connectivity index is 2.27. The average Bonchev–Trinajstić information content (AvgIpc) is 2.25. The fourth-order valence-electron chi connectivity index (χ4n) is 1.27. The van der Waals surface area contributed by atoms with Crippen LogP contribution in [0.3, 0.4) is 0 Å². The third kappa shape index (κ3) is 3.99. The lowest BCUT2D eigenvalue weighted by molar-refractivity contribution is -0.120. The monoisotopic (exact) mass is 190 g/mol. The summed E-state index contributed by atoms with van der Waals surface area (Å²) < 4.78 is 0. The molecular formula is C12H14O2. The van der Waals surface area contributed by atoms with Crippen LogP contribution in [0.25, 0.3) is 0 Å². The van der Waals surface area contributed by atoms with Crippen molar-refractivity contribution >= 4 is 12.1 Å². The van der Waals surface area contributed by atoms with Crippen LogP contribution in [0.2, 0.25) is 0 Å². The summed E-state index contributed by atoms with van der Waals surface area (Å²) in [4.78, 5) is 21.2. The highest BCUT2D eigenvalue weighted by Gasteiger charge is 2.01. The van der Waals surface area contributed by atoms with Crippen molar-refractivity contribution in [2.45, 2.75) is 25.7 Å². The van der Waals surface area contributed by atoms with E-state index in [2.05, 4.69) is 0 Å². The van der Waals surface area contributed by atoms with Crippen LogP contribution in [0.15, 0.2) is 30.3 Å². The number of aryl methyl sites for hydroxylation is 1. The summed E-state index contributed by atoms with van der Waals surface area (Å²) in [5.74, 6) is 0.168. The van der Waals surface area contributed by atoms with Crippen LogP contribution in [-0.4, -0.2) is 12.1 Å². The summed E-state index contributed by atoms with van der Waals surface area (Å²) in [6.45, 7) is 0. The number of aldehydes is 1. The first-order valence-electron chi connectivity index (χ1n) is 4.82. The first-order chi connectivity index (χ1) is 6.83. The normalized spacial score (nSPS) is 9.71. The van der Waals surface area contributed by atoms with Crippen molar-refractivity contribution in [3.63, 3.8) is 0 Å². The predicted octanol–water partition coefficient (Wildman–Crippen LogP) is 2.17. The molecule has 0 spiro atoms. The van der Waals surface area contributed by atoms with E-state index in [-0.39, 0.29) is 5.78 Å². The molecule has 2 heteroatoms. The van der Waals surface area contributed by atoms with E-state index in [0.29, 0.717) is 19.3 Å². The Bertz CT molecular complexity index is 290. The topological polar surface area (TPSA) is 34.1 Å². The maximum Gasteiger partial charge on any atom is 0.133 e. The van der Waals surface area contributed by atoms with Crippen LogP contribution in [0.1, 0.15) is 24.8 Å². The fraction of sp³-hybridized carbons (Fsp3) is 0.333. The van der Waals surface area contributed by atoms with Crippen LogP contribution in [-0.2, 0) is 16.0 Å². The zero-order chi connectivity index (χ0) is 10.2. The van der Waals surface area contributed by atoms with Crippen LogP contribution in [0.4, 0.5) is 0 Å². The van der Waals surface area contributed by atoms with Gasteiger partial charge in [-0.3, -0.25) is 4.79 Å². The molecule has 0 fully saturated rings. The molecule has 0 aromatic heterocycles. The van der Waals surface area contributed by atoms with E-state index < -0.39 is 0 Å². The Morgan fingerprint density at radius 1 is 1.14 bits per heavy atom. The molecule has 1 aromatic rings. The zero-order valence-electron chi connectivity index (χ0n) is 8.11. The molecule has 74 valence electrons. The molecule has 0 atom stereocenters.